The molecule has 1 fully saturated rings. The highest BCUT2D eigenvalue weighted by Gasteiger charge is 2.22. The van der Waals surface area contributed by atoms with Crippen LogP contribution in [0.3, 0.4) is 0 Å². The molecule has 0 N–H and O–H groups in total. The number of carbonyl (C=O) groups is 2. The molecule has 5 heteroatoms. The van der Waals surface area contributed by atoms with Gasteiger partial charge in [0.1, 0.15) is 0 Å². The zero-order chi connectivity index (χ0) is 20.0. The van der Waals surface area contributed by atoms with Gasteiger partial charge in [-0.2, -0.15) is 0 Å². The van der Waals surface area contributed by atoms with Crippen LogP contribution in [0.2, 0.25) is 0 Å². The smallest absolute Gasteiger partial charge is 0.224 e. The Labute approximate surface area is 164 Å². The van der Waals surface area contributed by atoms with Crippen molar-refractivity contribution in [2.75, 3.05) is 42.5 Å². The fourth-order valence-corrected chi connectivity index (χ4v) is 3.96. The van der Waals surface area contributed by atoms with Crippen LogP contribution in [0, 0.1) is 12.8 Å². The fourth-order valence-electron chi connectivity index (χ4n) is 3.96. The van der Waals surface area contributed by atoms with E-state index in [-0.39, 0.29) is 11.8 Å². The summed E-state index contributed by atoms with van der Waals surface area (Å²) in [6, 6.07) is 6.21. The number of aryl methyl sites for hydroxylation is 1. The molecule has 0 aromatic heterocycles. The van der Waals surface area contributed by atoms with Gasteiger partial charge in [0, 0.05) is 57.4 Å². The van der Waals surface area contributed by atoms with Crippen LogP contribution in [0.1, 0.15) is 52.5 Å². The molecule has 0 saturated carbocycles. The van der Waals surface area contributed by atoms with Crippen molar-refractivity contribution in [3.63, 3.8) is 0 Å². The van der Waals surface area contributed by atoms with Crippen LogP contribution in [0.4, 0.5) is 11.4 Å². The van der Waals surface area contributed by atoms with Crippen LogP contribution in [0.5, 0.6) is 0 Å². The van der Waals surface area contributed by atoms with E-state index in [4.69, 9.17) is 0 Å². The predicted octanol–water partition coefficient (Wildman–Crippen LogP) is 3.84. The first-order chi connectivity index (χ1) is 12.9. The third-order valence-corrected chi connectivity index (χ3v) is 5.54. The molecule has 2 amide bonds. The Bertz CT molecular complexity index is 655. The number of nitrogens with zero attached hydrogens (tertiary/aromatic N) is 3. The molecule has 27 heavy (non-hydrogen) atoms. The SMILES string of the molecule is CCN(CC)c1ccc(N(CCC(=O)N2CCCC(C)C2)C(C)=O)c(C)c1. The van der Waals surface area contributed by atoms with Crippen molar-refractivity contribution in [3.05, 3.63) is 23.8 Å². The van der Waals surface area contributed by atoms with Crippen molar-refractivity contribution >= 4 is 23.2 Å². The van der Waals surface area contributed by atoms with Crippen LogP contribution in [0.15, 0.2) is 18.2 Å². The summed E-state index contributed by atoms with van der Waals surface area (Å²) in [5, 5.41) is 0. The van der Waals surface area contributed by atoms with Crippen LogP contribution >= 0.6 is 0 Å². The summed E-state index contributed by atoms with van der Waals surface area (Å²) < 4.78 is 0. The van der Waals surface area contributed by atoms with Crippen LogP contribution < -0.4 is 9.80 Å². The summed E-state index contributed by atoms with van der Waals surface area (Å²) >= 11 is 0. The summed E-state index contributed by atoms with van der Waals surface area (Å²) in [4.78, 5) is 30.8. The normalized spacial score (nSPS) is 16.9. The third-order valence-electron chi connectivity index (χ3n) is 5.54. The molecule has 1 aromatic carbocycles. The molecule has 1 saturated heterocycles. The maximum atomic E-state index is 12.6. The summed E-state index contributed by atoms with van der Waals surface area (Å²) in [5.41, 5.74) is 3.13. The lowest BCUT2D eigenvalue weighted by atomic mass is 10.00. The van der Waals surface area contributed by atoms with Gasteiger partial charge in [0.15, 0.2) is 0 Å². The Morgan fingerprint density at radius 3 is 2.48 bits per heavy atom. The summed E-state index contributed by atoms with van der Waals surface area (Å²) in [6.07, 6.45) is 2.65. The molecular weight excluding hydrogens is 338 g/mol. The van der Waals surface area contributed by atoms with E-state index in [0.717, 1.165) is 43.9 Å². The minimum atomic E-state index is -0.0199. The van der Waals surface area contributed by atoms with E-state index in [0.29, 0.717) is 18.9 Å². The molecular formula is C22H35N3O2. The first-order valence-corrected chi connectivity index (χ1v) is 10.3. The van der Waals surface area contributed by atoms with Crippen molar-refractivity contribution in [1.29, 1.82) is 0 Å². The molecule has 1 aliphatic rings. The highest BCUT2D eigenvalue weighted by atomic mass is 16.2. The van der Waals surface area contributed by atoms with E-state index < -0.39 is 0 Å². The number of hydrogen-bond acceptors (Lipinski definition) is 3. The molecule has 1 atom stereocenters. The van der Waals surface area contributed by atoms with Gasteiger partial charge < -0.3 is 14.7 Å². The second kappa shape index (κ2) is 9.77. The van der Waals surface area contributed by atoms with Gasteiger partial charge in [-0.3, -0.25) is 9.59 Å². The zero-order valence-electron chi connectivity index (χ0n) is 17.6. The number of rotatable bonds is 7. The van der Waals surface area contributed by atoms with E-state index in [1.54, 1.807) is 11.8 Å². The van der Waals surface area contributed by atoms with Gasteiger partial charge in [0.25, 0.3) is 0 Å². The highest BCUT2D eigenvalue weighted by Crippen LogP contribution is 2.26. The lowest BCUT2D eigenvalue weighted by molar-refractivity contribution is -0.132. The van der Waals surface area contributed by atoms with Crippen molar-refractivity contribution in [2.24, 2.45) is 5.92 Å². The molecule has 5 nitrogen and oxygen atoms in total. The van der Waals surface area contributed by atoms with Gasteiger partial charge in [0.2, 0.25) is 11.8 Å². The van der Waals surface area contributed by atoms with Gasteiger partial charge >= 0.3 is 0 Å². The maximum Gasteiger partial charge on any atom is 0.224 e. The Morgan fingerprint density at radius 1 is 1.22 bits per heavy atom. The fraction of sp³-hybridized carbons (Fsp3) is 0.636. The molecule has 0 bridgehead atoms. The molecule has 0 spiro atoms. The lowest BCUT2D eigenvalue weighted by Crippen LogP contribution is -2.41. The van der Waals surface area contributed by atoms with E-state index in [2.05, 4.69) is 37.8 Å². The van der Waals surface area contributed by atoms with Crippen LogP contribution in [-0.4, -0.2) is 49.4 Å². The molecule has 0 radical (unpaired) electrons. The van der Waals surface area contributed by atoms with Crippen molar-refractivity contribution in [1.82, 2.24) is 4.90 Å². The molecule has 1 heterocycles. The number of amides is 2. The van der Waals surface area contributed by atoms with Gasteiger partial charge in [-0.1, -0.05) is 6.92 Å². The van der Waals surface area contributed by atoms with Gasteiger partial charge in [-0.15, -0.1) is 0 Å². The third kappa shape index (κ3) is 5.47. The first-order valence-electron chi connectivity index (χ1n) is 10.3. The van der Waals surface area contributed by atoms with Crippen LogP contribution in [-0.2, 0) is 9.59 Å². The van der Waals surface area contributed by atoms with Gasteiger partial charge in [-0.25, -0.2) is 0 Å². The Balaban J connectivity index is 2.08. The first kappa shape index (κ1) is 21.3. The van der Waals surface area contributed by atoms with E-state index in [9.17, 15) is 9.59 Å². The zero-order valence-corrected chi connectivity index (χ0v) is 17.6. The number of anilines is 2. The van der Waals surface area contributed by atoms with Crippen molar-refractivity contribution < 1.29 is 9.59 Å². The van der Waals surface area contributed by atoms with E-state index in [1.807, 2.05) is 17.9 Å². The quantitative estimate of drug-likeness (QED) is 0.729. The average Bonchev–Trinajstić information content (AvgIpc) is 2.64. The van der Waals surface area contributed by atoms with Crippen molar-refractivity contribution in [3.8, 4) is 0 Å². The second-order valence-electron chi connectivity index (χ2n) is 7.65. The molecule has 1 aromatic rings. The highest BCUT2D eigenvalue weighted by molar-refractivity contribution is 5.93. The van der Waals surface area contributed by atoms with Crippen LogP contribution in [0.25, 0.3) is 0 Å². The number of likely N-dealkylation sites (tertiary alicyclic amines) is 1. The molecule has 1 aliphatic heterocycles. The second-order valence-corrected chi connectivity index (χ2v) is 7.65. The van der Waals surface area contributed by atoms with Gasteiger partial charge in [0.05, 0.1) is 0 Å². The summed E-state index contributed by atoms with van der Waals surface area (Å²) in [6.45, 7) is 14.1. The number of benzene rings is 1. The minimum absolute atomic E-state index is 0.0199. The summed E-state index contributed by atoms with van der Waals surface area (Å²) in [5.74, 6) is 0.709. The monoisotopic (exact) mass is 373 g/mol. The molecule has 1 unspecified atom stereocenters. The summed E-state index contributed by atoms with van der Waals surface area (Å²) in [7, 11) is 0. The Hall–Kier alpha value is -2.04. The van der Waals surface area contributed by atoms with Crippen molar-refractivity contribution in [2.45, 2.75) is 53.9 Å². The largest absolute Gasteiger partial charge is 0.372 e. The maximum absolute atomic E-state index is 12.6. The topological polar surface area (TPSA) is 43.9 Å². The Kier molecular flexibility index (Phi) is 7.69. The number of piperidine rings is 1. The molecule has 0 aliphatic carbocycles. The standard InChI is InChI=1S/C22H35N3O2/c1-6-23(7-2)20-10-11-21(18(4)15-20)25(19(5)26)14-12-22(27)24-13-8-9-17(3)16-24/h10-11,15,17H,6-9,12-14,16H2,1-5H3. The molecule has 2 rings (SSSR count). The minimum Gasteiger partial charge on any atom is -0.372 e. The van der Waals surface area contributed by atoms with E-state index >= 15 is 0 Å². The lowest BCUT2D eigenvalue weighted by Gasteiger charge is -2.32. The number of carbonyl (C=O) groups excluding carboxylic acids is 2. The van der Waals surface area contributed by atoms with E-state index in [1.165, 1.54) is 12.1 Å². The number of hydrogen-bond donors (Lipinski definition) is 0. The predicted molar refractivity (Wildman–Crippen MR) is 112 cm³/mol. The average molecular weight is 374 g/mol. The molecule has 150 valence electrons. The van der Waals surface area contributed by atoms with Gasteiger partial charge in [-0.05, 0) is 63.3 Å². The Morgan fingerprint density at radius 2 is 1.93 bits per heavy atom.